The quantitative estimate of drug-likeness (QED) is 0.809. The molecule has 0 saturated carbocycles. The lowest BCUT2D eigenvalue weighted by Crippen LogP contribution is -2.54. The molecule has 0 aliphatic carbocycles. The summed E-state index contributed by atoms with van der Waals surface area (Å²) in [6.45, 7) is 0.728. The van der Waals surface area contributed by atoms with Gasteiger partial charge in [0.2, 0.25) is 0 Å². The third-order valence-electron chi connectivity index (χ3n) is 4.59. The van der Waals surface area contributed by atoms with Crippen molar-refractivity contribution in [3.05, 3.63) is 29.8 Å². The molecular formula is C16H24FN2O2+. The lowest BCUT2D eigenvalue weighted by Gasteiger charge is -2.33. The number of hydrogen-bond donors (Lipinski definition) is 1. The minimum absolute atomic E-state index is 0.274. The van der Waals surface area contributed by atoms with Crippen LogP contribution >= 0.6 is 0 Å². The number of primary amides is 1. The summed E-state index contributed by atoms with van der Waals surface area (Å²) in [7, 11) is 3.58. The van der Waals surface area contributed by atoms with Crippen molar-refractivity contribution >= 4 is 5.91 Å². The zero-order chi connectivity index (χ0) is 15.5. The summed E-state index contributed by atoms with van der Waals surface area (Å²) in [4.78, 5) is 11.6. The zero-order valence-electron chi connectivity index (χ0n) is 12.7. The van der Waals surface area contributed by atoms with Gasteiger partial charge in [-0.05, 0) is 24.1 Å². The van der Waals surface area contributed by atoms with E-state index in [1.54, 1.807) is 7.11 Å². The van der Waals surface area contributed by atoms with Crippen LogP contribution in [0.25, 0.3) is 0 Å². The normalized spacial score (nSPS) is 28.5. The van der Waals surface area contributed by atoms with E-state index in [9.17, 15) is 9.18 Å². The fourth-order valence-corrected chi connectivity index (χ4v) is 3.47. The van der Waals surface area contributed by atoms with E-state index in [-0.39, 0.29) is 11.9 Å². The largest absolute Gasteiger partial charge is 0.497 e. The van der Waals surface area contributed by atoms with Gasteiger partial charge in [-0.15, -0.1) is 0 Å². The minimum Gasteiger partial charge on any atom is -0.497 e. The van der Waals surface area contributed by atoms with Crippen LogP contribution in [0.5, 0.6) is 5.75 Å². The topological polar surface area (TPSA) is 52.3 Å². The van der Waals surface area contributed by atoms with Crippen molar-refractivity contribution in [1.29, 1.82) is 0 Å². The number of methoxy groups -OCH3 is 1. The second-order valence-electron chi connectivity index (χ2n) is 6.15. The lowest BCUT2D eigenvalue weighted by molar-refractivity contribution is -0.913. The number of hydrogen-bond acceptors (Lipinski definition) is 2. The lowest BCUT2D eigenvalue weighted by atomic mass is 9.96. The molecule has 1 aliphatic rings. The Kier molecular flexibility index (Phi) is 4.83. The molecule has 1 aliphatic heterocycles. The molecule has 2 rings (SSSR count). The van der Waals surface area contributed by atoms with E-state index in [0.717, 1.165) is 25.1 Å². The molecule has 1 unspecified atom stereocenters. The SMILES string of the molecule is COc1ccc(C[C@H]2C[C@@H](C(N)=O)[N+](C)(CCF)C2)cc1. The van der Waals surface area contributed by atoms with E-state index >= 15 is 0 Å². The molecule has 5 heteroatoms. The summed E-state index contributed by atoms with van der Waals surface area (Å²) in [5.74, 6) is 0.869. The Morgan fingerprint density at radius 3 is 2.62 bits per heavy atom. The smallest absolute Gasteiger partial charge is 0.275 e. The van der Waals surface area contributed by atoms with Gasteiger partial charge in [-0.3, -0.25) is 4.79 Å². The Bertz CT molecular complexity index is 492. The number of halogens is 1. The molecule has 0 aromatic heterocycles. The van der Waals surface area contributed by atoms with Crippen molar-refractivity contribution < 1.29 is 18.4 Å². The van der Waals surface area contributed by atoms with Gasteiger partial charge in [0.25, 0.3) is 5.91 Å². The van der Waals surface area contributed by atoms with Gasteiger partial charge in [-0.2, -0.15) is 0 Å². The number of quaternary nitrogens is 1. The fourth-order valence-electron chi connectivity index (χ4n) is 3.47. The van der Waals surface area contributed by atoms with E-state index < -0.39 is 6.67 Å². The summed E-state index contributed by atoms with van der Waals surface area (Å²) in [6, 6.07) is 7.67. The highest BCUT2D eigenvalue weighted by Gasteiger charge is 2.46. The number of ether oxygens (including phenoxy) is 1. The van der Waals surface area contributed by atoms with E-state index in [4.69, 9.17) is 10.5 Å². The van der Waals surface area contributed by atoms with Crippen molar-refractivity contribution in [2.75, 3.05) is 33.9 Å². The number of benzene rings is 1. The maximum absolute atomic E-state index is 12.8. The Labute approximate surface area is 125 Å². The molecule has 116 valence electrons. The number of carbonyl (C=O) groups is 1. The highest BCUT2D eigenvalue weighted by molar-refractivity contribution is 5.79. The van der Waals surface area contributed by atoms with Crippen LogP contribution in [0, 0.1) is 5.92 Å². The van der Waals surface area contributed by atoms with Crippen LogP contribution in [0.3, 0.4) is 0 Å². The predicted molar refractivity (Wildman–Crippen MR) is 79.7 cm³/mol. The Morgan fingerprint density at radius 2 is 2.10 bits per heavy atom. The standard InChI is InChI=1S/C16H23FN2O2/c1-19(8-7-17)11-13(10-15(19)16(18)20)9-12-3-5-14(21-2)6-4-12/h3-6,13,15H,7-11H2,1-2H3,(H-,18,20)/p+1/t13-,15-,19?/m0/s1. The highest BCUT2D eigenvalue weighted by atomic mass is 19.1. The summed E-state index contributed by atoms with van der Waals surface area (Å²) >= 11 is 0. The molecule has 1 heterocycles. The predicted octanol–water partition coefficient (Wildman–Crippen LogP) is 1.53. The molecular weight excluding hydrogens is 271 g/mol. The molecule has 2 N–H and O–H groups in total. The number of nitrogens with zero attached hydrogens (tertiary/aromatic N) is 1. The van der Waals surface area contributed by atoms with E-state index in [0.29, 0.717) is 16.9 Å². The fraction of sp³-hybridized carbons (Fsp3) is 0.562. The maximum Gasteiger partial charge on any atom is 0.275 e. The van der Waals surface area contributed by atoms with Crippen LogP contribution in [0.1, 0.15) is 12.0 Å². The average molecular weight is 295 g/mol. The minimum atomic E-state index is -0.421. The second kappa shape index (κ2) is 6.43. The molecule has 1 fully saturated rings. The van der Waals surface area contributed by atoms with Crippen molar-refractivity contribution in [2.24, 2.45) is 11.7 Å². The third kappa shape index (κ3) is 3.53. The van der Waals surface area contributed by atoms with Crippen LogP contribution in [0.4, 0.5) is 4.39 Å². The monoisotopic (exact) mass is 295 g/mol. The van der Waals surface area contributed by atoms with Crippen molar-refractivity contribution in [1.82, 2.24) is 0 Å². The number of alkyl halides is 1. The van der Waals surface area contributed by atoms with Crippen LogP contribution in [0.15, 0.2) is 24.3 Å². The number of carbonyl (C=O) groups excluding carboxylic acids is 1. The van der Waals surface area contributed by atoms with Crippen LogP contribution in [-0.4, -0.2) is 50.4 Å². The first-order valence-electron chi connectivity index (χ1n) is 7.31. The molecule has 0 bridgehead atoms. The van der Waals surface area contributed by atoms with E-state index in [1.807, 2.05) is 31.3 Å². The molecule has 21 heavy (non-hydrogen) atoms. The third-order valence-corrected chi connectivity index (χ3v) is 4.59. The summed E-state index contributed by atoms with van der Waals surface area (Å²) in [5, 5.41) is 0. The Morgan fingerprint density at radius 1 is 1.43 bits per heavy atom. The van der Waals surface area contributed by atoms with Gasteiger partial charge in [-0.1, -0.05) is 12.1 Å². The Hall–Kier alpha value is -1.62. The van der Waals surface area contributed by atoms with Gasteiger partial charge in [0, 0.05) is 12.3 Å². The van der Waals surface area contributed by atoms with Crippen LogP contribution in [0.2, 0.25) is 0 Å². The first-order chi connectivity index (χ1) is 9.98. The second-order valence-corrected chi connectivity index (χ2v) is 6.15. The number of amides is 1. The average Bonchev–Trinajstić information content (AvgIpc) is 2.77. The van der Waals surface area contributed by atoms with Gasteiger partial charge in [0.05, 0.1) is 20.7 Å². The van der Waals surface area contributed by atoms with Gasteiger partial charge < -0.3 is 15.0 Å². The maximum atomic E-state index is 12.8. The van der Waals surface area contributed by atoms with Gasteiger partial charge >= 0.3 is 0 Å². The molecule has 1 aromatic carbocycles. The first-order valence-corrected chi connectivity index (χ1v) is 7.31. The molecule has 0 spiro atoms. The number of likely N-dealkylation sites (N-methyl/N-ethyl adjacent to an activating group) is 1. The number of nitrogens with two attached hydrogens (primary N) is 1. The van der Waals surface area contributed by atoms with Crippen LogP contribution in [-0.2, 0) is 11.2 Å². The van der Waals surface area contributed by atoms with Gasteiger partial charge in [0.1, 0.15) is 19.0 Å². The summed E-state index contributed by atoms with van der Waals surface area (Å²) in [6.07, 6.45) is 1.62. The number of likely N-dealkylation sites (tertiary alicyclic amines) is 1. The van der Waals surface area contributed by atoms with Crippen LogP contribution < -0.4 is 10.5 Å². The molecule has 1 amide bonds. The van der Waals surface area contributed by atoms with Crippen molar-refractivity contribution in [3.63, 3.8) is 0 Å². The summed E-state index contributed by atoms with van der Waals surface area (Å²) in [5.41, 5.74) is 6.71. The van der Waals surface area contributed by atoms with Crippen molar-refractivity contribution in [3.8, 4) is 5.75 Å². The molecule has 1 aromatic rings. The summed E-state index contributed by atoms with van der Waals surface area (Å²) < 4.78 is 18.4. The molecule has 4 nitrogen and oxygen atoms in total. The molecule has 1 saturated heterocycles. The first kappa shape index (κ1) is 15.8. The Balaban J connectivity index is 2.06. The van der Waals surface area contributed by atoms with E-state index in [1.165, 1.54) is 5.56 Å². The number of rotatable bonds is 6. The van der Waals surface area contributed by atoms with Gasteiger partial charge in [0.15, 0.2) is 6.04 Å². The highest BCUT2D eigenvalue weighted by Crippen LogP contribution is 2.31. The van der Waals surface area contributed by atoms with E-state index in [2.05, 4.69) is 0 Å². The molecule has 0 radical (unpaired) electrons. The van der Waals surface area contributed by atoms with Gasteiger partial charge in [-0.25, -0.2) is 4.39 Å². The van der Waals surface area contributed by atoms with Crippen molar-refractivity contribution in [2.45, 2.75) is 18.9 Å². The molecule has 3 atom stereocenters. The zero-order valence-corrected chi connectivity index (χ0v) is 12.7.